The van der Waals surface area contributed by atoms with Crippen LogP contribution in [-0.2, 0) is 0 Å². The van der Waals surface area contributed by atoms with Gasteiger partial charge in [0.25, 0.3) is 0 Å². The third-order valence-electron chi connectivity index (χ3n) is 2.29. The van der Waals surface area contributed by atoms with E-state index < -0.39 is 0 Å². The maximum Gasteiger partial charge on any atom is 0.146 e. The van der Waals surface area contributed by atoms with Gasteiger partial charge in [0.2, 0.25) is 0 Å². The molecule has 0 atom stereocenters. The summed E-state index contributed by atoms with van der Waals surface area (Å²) >= 11 is 10.1. The molecule has 0 saturated carbocycles. The minimum atomic E-state index is 0.837. The molecule has 1 aromatic carbocycles. The van der Waals surface area contributed by atoms with E-state index in [9.17, 15) is 0 Å². The van der Waals surface area contributed by atoms with Crippen molar-refractivity contribution in [2.24, 2.45) is 0 Å². The number of rotatable bonds is 0. The normalized spacial score (nSPS) is 9.64. The van der Waals surface area contributed by atoms with Gasteiger partial charge in [0, 0.05) is 40.6 Å². The van der Waals surface area contributed by atoms with Gasteiger partial charge in [-0.3, -0.25) is 9.97 Å². The topological polar surface area (TPSA) is 32.3 Å². The summed E-state index contributed by atoms with van der Waals surface area (Å²) in [7, 11) is 10.7. The summed E-state index contributed by atoms with van der Waals surface area (Å²) in [5.74, 6) is 0. The summed E-state index contributed by atoms with van der Waals surface area (Å²) in [4.78, 5) is 12.0. The van der Waals surface area contributed by atoms with Gasteiger partial charge in [-0.25, -0.2) is 0 Å². The Kier molecular flexibility index (Phi) is 8.62. The molecular formula is C14H18N4S4. The van der Waals surface area contributed by atoms with Crippen molar-refractivity contribution in [3.05, 3.63) is 36.7 Å². The number of hydrogen-bond acceptors (Lipinski definition) is 6. The first-order valence-electron chi connectivity index (χ1n) is 6.34. The number of hydrogen-bond donors (Lipinski definition) is 0. The van der Waals surface area contributed by atoms with Crippen LogP contribution < -0.4 is 0 Å². The van der Waals surface area contributed by atoms with E-state index in [0.717, 1.165) is 19.7 Å². The van der Waals surface area contributed by atoms with Crippen LogP contribution in [0.3, 0.4) is 0 Å². The second-order valence-corrected chi connectivity index (χ2v) is 7.93. The lowest BCUT2D eigenvalue weighted by Gasteiger charge is -2.15. The quantitative estimate of drug-likeness (QED) is 0.513. The van der Waals surface area contributed by atoms with Crippen LogP contribution >= 0.6 is 46.0 Å². The van der Waals surface area contributed by atoms with Crippen LogP contribution in [0.2, 0.25) is 0 Å². The number of fused-ring (bicyclic) bond motifs is 1. The van der Waals surface area contributed by atoms with Crippen LogP contribution in [0.25, 0.3) is 11.0 Å². The lowest BCUT2D eigenvalue weighted by molar-refractivity contribution is 0.647. The van der Waals surface area contributed by atoms with E-state index in [2.05, 4.69) is 9.97 Å². The van der Waals surface area contributed by atoms with Crippen LogP contribution in [0.5, 0.6) is 0 Å². The summed E-state index contributed by atoms with van der Waals surface area (Å²) in [6, 6.07) is 7.80. The second kappa shape index (κ2) is 9.94. The van der Waals surface area contributed by atoms with Crippen molar-refractivity contribution in [2.45, 2.75) is 0 Å². The maximum atomic E-state index is 5.07. The maximum absolute atomic E-state index is 5.07. The molecule has 0 saturated heterocycles. The first-order chi connectivity index (χ1) is 10.4. The minimum Gasteiger partial charge on any atom is -0.363 e. The predicted octanol–water partition coefficient (Wildman–Crippen LogP) is 3.69. The fourth-order valence-electron chi connectivity index (χ4n) is 1.13. The zero-order valence-corrected chi connectivity index (χ0v) is 16.2. The highest BCUT2D eigenvalue weighted by molar-refractivity contribution is 8.89. The van der Waals surface area contributed by atoms with Gasteiger partial charge >= 0.3 is 0 Å². The fourth-order valence-corrected chi connectivity index (χ4v) is 3.51. The van der Waals surface area contributed by atoms with Crippen molar-refractivity contribution in [3.8, 4) is 0 Å². The minimum absolute atomic E-state index is 0.837. The van der Waals surface area contributed by atoms with Crippen molar-refractivity contribution >= 4 is 65.7 Å². The monoisotopic (exact) mass is 370 g/mol. The number of benzene rings is 1. The van der Waals surface area contributed by atoms with E-state index >= 15 is 0 Å². The summed E-state index contributed by atoms with van der Waals surface area (Å²) in [6.45, 7) is 0. The molecule has 4 nitrogen and oxygen atoms in total. The van der Waals surface area contributed by atoms with E-state index in [4.69, 9.17) is 24.4 Å². The van der Waals surface area contributed by atoms with Crippen LogP contribution in [0.1, 0.15) is 0 Å². The number of thiocarbonyl (C=S) groups is 2. The van der Waals surface area contributed by atoms with Gasteiger partial charge in [0.15, 0.2) is 0 Å². The highest BCUT2D eigenvalue weighted by Gasteiger charge is 2.04. The second-order valence-electron chi connectivity index (χ2n) is 4.53. The van der Waals surface area contributed by atoms with Gasteiger partial charge in [-0.05, 0) is 33.7 Å². The van der Waals surface area contributed by atoms with Crippen molar-refractivity contribution in [3.63, 3.8) is 0 Å². The first-order valence-corrected chi connectivity index (χ1v) is 9.31. The molecule has 1 heterocycles. The van der Waals surface area contributed by atoms with Crippen LogP contribution in [0.15, 0.2) is 36.7 Å². The molecule has 1 aromatic heterocycles. The molecule has 0 aliphatic carbocycles. The number of aromatic nitrogens is 2. The molecule has 0 amide bonds. The van der Waals surface area contributed by atoms with Crippen molar-refractivity contribution < 1.29 is 0 Å². The van der Waals surface area contributed by atoms with Gasteiger partial charge < -0.3 is 9.80 Å². The Morgan fingerprint density at radius 1 is 0.818 bits per heavy atom. The van der Waals surface area contributed by atoms with Gasteiger partial charge in [0.1, 0.15) is 8.64 Å². The Morgan fingerprint density at radius 3 is 1.50 bits per heavy atom. The Morgan fingerprint density at radius 2 is 1.18 bits per heavy atom. The lowest BCUT2D eigenvalue weighted by Crippen LogP contribution is -2.18. The summed E-state index contributed by atoms with van der Waals surface area (Å²) in [5, 5.41) is 0. The summed E-state index contributed by atoms with van der Waals surface area (Å²) < 4.78 is 1.67. The largest absolute Gasteiger partial charge is 0.363 e. The van der Waals surface area contributed by atoms with Gasteiger partial charge in [-0.15, -0.1) is 0 Å². The zero-order chi connectivity index (χ0) is 16.5. The lowest BCUT2D eigenvalue weighted by atomic mass is 10.3. The standard InChI is InChI=1S/C8H6N2.C6H12N2S4/c1-2-4-8-7(3-1)9-5-6-10-8;1-7(2)5(9)11-12-6(10)8(3)4/h1-6H;1-4H3. The third-order valence-corrected chi connectivity index (χ3v) is 6.45. The Labute approximate surface area is 150 Å². The predicted molar refractivity (Wildman–Crippen MR) is 107 cm³/mol. The molecule has 2 aromatic rings. The molecule has 0 bridgehead atoms. The number of nitrogens with zero attached hydrogens (tertiary/aromatic N) is 4. The zero-order valence-electron chi connectivity index (χ0n) is 12.9. The molecule has 0 fully saturated rings. The van der Waals surface area contributed by atoms with Crippen molar-refractivity contribution in [1.82, 2.24) is 19.8 Å². The molecular weight excluding hydrogens is 352 g/mol. The summed E-state index contributed by atoms with van der Waals surface area (Å²) in [6.07, 6.45) is 3.39. The SMILES string of the molecule is CN(C)C(=S)SSC(=S)N(C)C.c1ccc2nccnc2c1. The number of para-hydroxylation sites is 2. The third kappa shape index (κ3) is 6.87. The van der Waals surface area contributed by atoms with Crippen LogP contribution in [-0.4, -0.2) is 56.6 Å². The average Bonchev–Trinajstić information content (AvgIpc) is 2.52. The van der Waals surface area contributed by atoms with Crippen molar-refractivity contribution in [2.75, 3.05) is 28.2 Å². The summed E-state index contributed by atoms with van der Waals surface area (Å²) in [5.41, 5.74) is 1.90. The van der Waals surface area contributed by atoms with E-state index in [1.165, 1.54) is 21.6 Å². The van der Waals surface area contributed by atoms with Gasteiger partial charge in [-0.2, -0.15) is 0 Å². The molecule has 0 radical (unpaired) electrons. The first kappa shape index (κ1) is 19.1. The molecule has 0 spiro atoms. The highest BCUT2D eigenvalue weighted by Crippen LogP contribution is 2.26. The fraction of sp³-hybridized carbons (Fsp3) is 0.286. The van der Waals surface area contributed by atoms with E-state index in [1.807, 2.05) is 62.3 Å². The molecule has 0 aliphatic heterocycles. The van der Waals surface area contributed by atoms with E-state index in [0.29, 0.717) is 0 Å². The average molecular weight is 371 g/mol. The molecule has 22 heavy (non-hydrogen) atoms. The molecule has 0 aliphatic rings. The Balaban J connectivity index is 0.000000222. The van der Waals surface area contributed by atoms with E-state index in [-0.39, 0.29) is 0 Å². The van der Waals surface area contributed by atoms with Gasteiger partial charge in [0.05, 0.1) is 11.0 Å². The van der Waals surface area contributed by atoms with Gasteiger partial charge in [-0.1, -0.05) is 36.6 Å². The van der Waals surface area contributed by atoms with E-state index in [1.54, 1.807) is 12.4 Å². The smallest absolute Gasteiger partial charge is 0.146 e. The molecule has 8 heteroatoms. The molecule has 0 N–H and O–H groups in total. The Bertz CT molecular complexity index is 546. The molecule has 2 rings (SSSR count). The molecule has 0 unspecified atom stereocenters. The van der Waals surface area contributed by atoms with Crippen LogP contribution in [0.4, 0.5) is 0 Å². The highest BCUT2D eigenvalue weighted by atomic mass is 33.1. The van der Waals surface area contributed by atoms with Crippen molar-refractivity contribution in [1.29, 1.82) is 0 Å². The molecule has 118 valence electrons. The van der Waals surface area contributed by atoms with Crippen LogP contribution in [0, 0.1) is 0 Å². The Hall–Kier alpha value is -0.960.